The maximum Gasteiger partial charge on any atom is 0.273 e. The first-order valence-corrected chi connectivity index (χ1v) is 6.09. The van der Waals surface area contributed by atoms with Gasteiger partial charge in [-0.3, -0.25) is 10.1 Å². The molecule has 2 N–H and O–H groups in total. The number of nitrogen functional groups attached to an aromatic ring is 1. The van der Waals surface area contributed by atoms with Gasteiger partial charge < -0.3 is 15.2 Å². The van der Waals surface area contributed by atoms with E-state index in [1.165, 1.54) is 31.4 Å². The molecular weight excluding hydrogens is 332 g/mol. The average Bonchev–Trinajstić information content (AvgIpc) is 2.40. The van der Waals surface area contributed by atoms with E-state index >= 15 is 0 Å². The monoisotopic (exact) mass is 340 g/mol. The predicted molar refractivity (Wildman–Crippen MR) is 73.9 cm³/mol. The molecular formula is C11H9BrN4O4. The first kappa shape index (κ1) is 14.0. The summed E-state index contributed by atoms with van der Waals surface area (Å²) in [6, 6.07) is 5.55. The molecule has 0 aliphatic heterocycles. The van der Waals surface area contributed by atoms with Gasteiger partial charge in [-0.1, -0.05) is 0 Å². The third-order valence-electron chi connectivity index (χ3n) is 2.25. The lowest BCUT2D eigenvalue weighted by atomic mass is 10.3. The van der Waals surface area contributed by atoms with Crippen molar-refractivity contribution < 1.29 is 14.4 Å². The van der Waals surface area contributed by atoms with Gasteiger partial charge in [0.25, 0.3) is 5.69 Å². The molecule has 0 bridgehead atoms. The van der Waals surface area contributed by atoms with Crippen LogP contribution >= 0.6 is 15.9 Å². The molecule has 0 amide bonds. The predicted octanol–water partition coefficient (Wildman–Crippen LogP) is 2.53. The number of nitro benzene ring substituents is 1. The Hall–Kier alpha value is -2.42. The van der Waals surface area contributed by atoms with Gasteiger partial charge in [-0.15, -0.1) is 0 Å². The van der Waals surface area contributed by atoms with E-state index in [2.05, 4.69) is 25.9 Å². The number of aromatic nitrogens is 2. The van der Waals surface area contributed by atoms with Crippen LogP contribution < -0.4 is 15.2 Å². The summed E-state index contributed by atoms with van der Waals surface area (Å²) in [4.78, 5) is 17.9. The summed E-state index contributed by atoms with van der Waals surface area (Å²) < 4.78 is 10.9. The molecule has 0 unspecified atom stereocenters. The summed E-state index contributed by atoms with van der Waals surface area (Å²) in [5.74, 6) is 0.560. The quantitative estimate of drug-likeness (QED) is 0.671. The number of nitrogens with two attached hydrogens (primary N) is 1. The van der Waals surface area contributed by atoms with Gasteiger partial charge in [0.2, 0.25) is 17.7 Å². The number of non-ortho nitro benzene ring substituents is 1. The molecule has 0 radical (unpaired) electrons. The fourth-order valence-corrected chi connectivity index (χ4v) is 1.70. The molecule has 0 atom stereocenters. The number of hydrogen-bond donors (Lipinski definition) is 1. The van der Waals surface area contributed by atoms with Gasteiger partial charge in [0.1, 0.15) is 0 Å². The maximum atomic E-state index is 10.7. The molecule has 0 spiro atoms. The van der Waals surface area contributed by atoms with E-state index in [4.69, 9.17) is 15.2 Å². The van der Waals surface area contributed by atoms with Crippen LogP contribution in [0.2, 0.25) is 0 Å². The Labute approximate surface area is 121 Å². The second kappa shape index (κ2) is 5.70. The lowest BCUT2D eigenvalue weighted by Gasteiger charge is -2.08. The number of nitro groups is 1. The molecule has 1 aromatic heterocycles. The van der Waals surface area contributed by atoms with Crippen molar-refractivity contribution in [1.82, 2.24) is 9.97 Å². The van der Waals surface area contributed by atoms with Crippen molar-refractivity contribution in [3.63, 3.8) is 0 Å². The molecule has 0 aliphatic carbocycles. The Morgan fingerprint density at radius 1 is 1.30 bits per heavy atom. The normalized spacial score (nSPS) is 10.1. The molecule has 9 heteroatoms. The number of hydrogen-bond acceptors (Lipinski definition) is 7. The topological polar surface area (TPSA) is 113 Å². The van der Waals surface area contributed by atoms with Crippen molar-refractivity contribution >= 4 is 27.6 Å². The van der Waals surface area contributed by atoms with Crippen LogP contribution in [0.1, 0.15) is 0 Å². The van der Waals surface area contributed by atoms with E-state index in [-0.39, 0.29) is 29.1 Å². The second-order valence-electron chi connectivity index (χ2n) is 3.58. The average molecular weight is 341 g/mol. The molecule has 0 fully saturated rings. The highest BCUT2D eigenvalue weighted by molar-refractivity contribution is 9.10. The molecule has 0 saturated heterocycles. The summed E-state index contributed by atoms with van der Waals surface area (Å²) in [6.45, 7) is 0. The number of methoxy groups -OCH3 is 1. The van der Waals surface area contributed by atoms with Crippen molar-refractivity contribution in [2.75, 3.05) is 12.8 Å². The van der Waals surface area contributed by atoms with Crippen LogP contribution in [0.5, 0.6) is 17.5 Å². The van der Waals surface area contributed by atoms with Gasteiger partial charge in [-0.05, 0) is 22.0 Å². The van der Waals surface area contributed by atoms with Crippen LogP contribution in [0.25, 0.3) is 0 Å². The molecule has 1 aromatic carbocycles. The largest absolute Gasteiger partial charge is 0.481 e. The minimum absolute atomic E-state index is 0.0269. The molecule has 104 valence electrons. The molecule has 2 aromatic rings. The van der Waals surface area contributed by atoms with E-state index in [0.717, 1.165) is 0 Å². The first-order valence-electron chi connectivity index (χ1n) is 5.30. The number of halogens is 1. The number of benzene rings is 1. The molecule has 0 saturated carbocycles. The highest BCUT2D eigenvalue weighted by Crippen LogP contribution is 2.33. The molecule has 1 heterocycles. The Bertz CT molecular complexity index is 665. The number of ether oxygens (including phenoxy) is 2. The van der Waals surface area contributed by atoms with Crippen molar-refractivity contribution in [3.8, 4) is 17.5 Å². The number of anilines is 1. The summed E-state index contributed by atoms with van der Waals surface area (Å²) in [5.41, 5.74) is 5.40. The fourth-order valence-electron chi connectivity index (χ4n) is 1.37. The van der Waals surface area contributed by atoms with Crippen LogP contribution in [-0.2, 0) is 0 Å². The summed E-state index contributed by atoms with van der Waals surface area (Å²) in [5, 5.41) is 10.7. The smallest absolute Gasteiger partial charge is 0.273 e. The standard InChI is InChI=1S/C11H9BrN4O4/c1-19-9-5-10(15-11(13)14-9)20-8-4-6(16(17)18)2-3-7(8)12/h2-5H,1H3,(H2,13,14,15). The van der Waals surface area contributed by atoms with E-state index in [1.54, 1.807) is 0 Å². The van der Waals surface area contributed by atoms with Crippen LogP contribution in [0.3, 0.4) is 0 Å². The van der Waals surface area contributed by atoms with Gasteiger partial charge in [-0.25, -0.2) is 0 Å². The van der Waals surface area contributed by atoms with Crippen molar-refractivity contribution in [2.24, 2.45) is 0 Å². The molecule has 0 aliphatic rings. The van der Waals surface area contributed by atoms with Gasteiger partial charge in [0, 0.05) is 6.07 Å². The number of rotatable bonds is 4. The third-order valence-corrected chi connectivity index (χ3v) is 2.90. The van der Waals surface area contributed by atoms with E-state index in [1.807, 2.05) is 0 Å². The van der Waals surface area contributed by atoms with Crippen LogP contribution in [0, 0.1) is 10.1 Å². The zero-order chi connectivity index (χ0) is 14.7. The maximum absolute atomic E-state index is 10.7. The SMILES string of the molecule is COc1cc(Oc2cc([N+](=O)[O-])ccc2Br)nc(N)n1. The zero-order valence-electron chi connectivity index (χ0n) is 10.2. The molecule has 2 rings (SSSR count). The minimum Gasteiger partial charge on any atom is -0.481 e. The van der Waals surface area contributed by atoms with Crippen molar-refractivity contribution in [2.45, 2.75) is 0 Å². The summed E-state index contributed by atoms with van der Waals surface area (Å²) >= 11 is 3.24. The Morgan fingerprint density at radius 2 is 2.00 bits per heavy atom. The zero-order valence-corrected chi connectivity index (χ0v) is 11.8. The van der Waals surface area contributed by atoms with Gasteiger partial charge in [0.15, 0.2) is 5.75 Å². The molecule has 20 heavy (non-hydrogen) atoms. The van der Waals surface area contributed by atoms with Crippen LogP contribution in [-0.4, -0.2) is 22.0 Å². The van der Waals surface area contributed by atoms with E-state index in [0.29, 0.717) is 4.47 Å². The molecule has 8 nitrogen and oxygen atoms in total. The highest BCUT2D eigenvalue weighted by Gasteiger charge is 2.13. The summed E-state index contributed by atoms with van der Waals surface area (Å²) in [7, 11) is 1.43. The summed E-state index contributed by atoms with van der Waals surface area (Å²) in [6.07, 6.45) is 0. The minimum atomic E-state index is -0.520. The third kappa shape index (κ3) is 3.12. The Balaban J connectivity index is 2.36. The van der Waals surface area contributed by atoms with Crippen LogP contribution in [0.15, 0.2) is 28.7 Å². The van der Waals surface area contributed by atoms with Gasteiger partial charge >= 0.3 is 0 Å². The van der Waals surface area contributed by atoms with E-state index in [9.17, 15) is 10.1 Å². The number of nitrogens with zero attached hydrogens (tertiary/aromatic N) is 3. The Kier molecular flexibility index (Phi) is 3.99. The lowest BCUT2D eigenvalue weighted by Crippen LogP contribution is -2.00. The lowest BCUT2D eigenvalue weighted by molar-refractivity contribution is -0.384. The van der Waals surface area contributed by atoms with Gasteiger partial charge in [0.05, 0.1) is 28.6 Å². The second-order valence-corrected chi connectivity index (χ2v) is 4.43. The van der Waals surface area contributed by atoms with Crippen molar-refractivity contribution in [1.29, 1.82) is 0 Å². The van der Waals surface area contributed by atoms with Gasteiger partial charge in [-0.2, -0.15) is 9.97 Å². The first-order chi connectivity index (χ1) is 9.49. The highest BCUT2D eigenvalue weighted by atomic mass is 79.9. The van der Waals surface area contributed by atoms with Crippen LogP contribution in [0.4, 0.5) is 11.6 Å². The van der Waals surface area contributed by atoms with Crippen molar-refractivity contribution in [3.05, 3.63) is 38.9 Å². The van der Waals surface area contributed by atoms with E-state index < -0.39 is 4.92 Å². The Morgan fingerprint density at radius 3 is 2.65 bits per heavy atom. The fraction of sp³-hybridized carbons (Fsp3) is 0.0909.